The molecule has 0 bridgehead atoms. The molecule has 1 aliphatic rings. The highest BCUT2D eigenvalue weighted by Crippen LogP contribution is 2.30. The maximum atomic E-state index is 12.1. The fraction of sp³-hybridized carbons (Fsp3) is 0.917. The highest BCUT2D eigenvalue weighted by atomic mass is 16.2. The predicted octanol–water partition coefficient (Wildman–Crippen LogP) is 2.68. The smallest absolute Gasteiger partial charge is 0.228 e. The van der Waals surface area contributed by atoms with Gasteiger partial charge in [-0.15, -0.1) is 0 Å². The third-order valence-electron chi connectivity index (χ3n) is 3.34. The molecule has 0 spiro atoms. The van der Waals surface area contributed by atoms with E-state index in [1.54, 1.807) is 0 Å². The molecule has 0 aromatic carbocycles. The Labute approximate surface area is 87.7 Å². The molecule has 2 unspecified atom stereocenters. The van der Waals surface area contributed by atoms with Gasteiger partial charge in [-0.1, -0.05) is 34.1 Å². The normalized spacial score (nSPS) is 28.2. The number of hydrogen-bond acceptors (Lipinski definition) is 1. The molecule has 1 fully saturated rings. The zero-order valence-corrected chi connectivity index (χ0v) is 10.1. The molecular weight excluding hydrogens is 174 g/mol. The van der Waals surface area contributed by atoms with Gasteiger partial charge in [-0.3, -0.25) is 4.79 Å². The van der Waals surface area contributed by atoms with Crippen molar-refractivity contribution in [1.29, 1.82) is 0 Å². The monoisotopic (exact) mass is 197 g/mol. The first-order valence-electron chi connectivity index (χ1n) is 5.69. The van der Waals surface area contributed by atoms with Crippen LogP contribution in [0.25, 0.3) is 0 Å². The van der Waals surface area contributed by atoms with Crippen LogP contribution in [0.4, 0.5) is 0 Å². The van der Waals surface area contributed by atoms with Gasteiger partial charge in [0.2, 0.25) is 5.91 Å². The van der Waals surface area contributed by atoms with Crippen molar-refractivity contribution in [2.75, 3.05) is 6.54 Å². The van der Waals surface area contributed by atoms with Crippen LogP contribution < -0.4 is 0 Å². The van der Waals surface area contributed by atoms with Crippen LogP contribution in [0.3, 0.4) is 0 Å². The Morgan fingerprint density at radius 1 is 1.43 bits per heavy atom. The summed E-state index contributed by atoms with van der Waals surface area (Å²) in [5.74, 6) is 1.02. The Kier molecular flexibility index (Phi) is 3.23. The van der Waals surface area contributed by atoms with Gasteiger partial charge in [0.15, 0.2) is 0 Å². The van der Waals surface area contributed by atoms with Crippen LogP contribution in [0.15, 0.2) is 0 Å². The first-order valence-corrected chi connectivity index (χ1v) is 5.69. The Morgan fingerprint density at radius 3 is 2.36 bits per heavy atom. The molecule has 2 heteroatoms. The number of likely N-dealkylation sites (tertiary alicyclic amines) is 1. The highest BCUT2D eigenvalue weighted by Gasteiger charge is 2.37. The molecule has 0 aliphatic carbocycles. The van der Waals surface area contributed by atoms with Crippen molar-refractivity contribution in [3.8, 4) is 0 Å². The fourth-order valence-electron chi connectivity index (χ4n) is 2.27. The highest BCUT2D eigenvalue weighted by molar-refractivity contribution is 5.82. The Balaban J connectivity index is 2.68. The third-order valence-corrected chi connectivity index (χ3v) is 3.34. The number of rotatable bonds is 1. The molecule has 1 aliphatic heterocycles. The fourth-order valence-corrected chi connectivity index (χ4v) is 2.27. The molecule has 14 heavy (non-hydrogen) atoms. The van der Waals surface area contributed by atoms with Crippen molar-refractivity contribution >= 4 is 5.91 Å². The van der Waals surface area contributed by atoms with Crippen molar-refractivity contribution in [2.24, 2.45) is 11.3 Å². The second-order valence-electron chi connectivity index (χ2n) is 5.45. The van der Waals surface area contributed by atoms with Gasteiger partial charge in [0.25, 0.3) is 0 Å². The number of carbonyl (C=O) groups excluding carboxylic acids is 1. The van der Waals surface area contributed by atoms with Crippen molar-refractivity contribution in [3.63, 3.8) is 0 Å². The van der Waals surface area contributed by atoms with E-state index in [1.165, 1.54) is 12.8 Å². The standard InChI is InChI=1S/C12H23NO/c1-6-10-7-8-13(9(10)2)11(14)12(3,4)5/h9-10H,6-8H2,1-5H3. The summed E-state index contributed by atoms with van der Waals surface area (Å²) in [7, 11) is 0. The van der Waals surface area contributed by atoms with E-state index in [0.29, 0.717) is 17.9 Å². The number of amides is 1. The summed E-state index contributed by atoms with van der Waals surface area (Å²) in [5.41, 5.74) is -0.225. The van der Waals surface area contributed by atoms with E-state index in [9.17, 15) is 4.79 Å². The van der Waals surface area contributed by atoms with Gasteiger partial charge in [0.05, 0.1) is 0 Å². The van der Waals surface area contributed by atoms with E-state index in [1.807, 2.05) is 20.8 Å². The van der Waals surface area contributed by atoms with Gasteiger partial charge in [0, 0.05) is 18.0 Å². The molecule has 0 aromatic rings. The maximum absolute atomic E-state index is 12.1. The zero-order valence-electron chi connectivity index (χ0n) is 10.1. The van der Waals surface area contributed by atoms with Crippen LogP contribution in [0.2, 0.25) is 0 Å². The topological polar surface area (TPSA) is 20.3 Å². The zero-order chi connectivity index (χ0) is 10.9. The van der Waals surface area contributed by atoms with Gasteiger partial charge >= 0.3 is 0 Å². The molecule has 2 nitrogen and oxygen atoms in total. The van der Waals surface area contributed by atoms with Gasteiger partial charge in [-0.05, 0) is 19.3 Å². The number of nitrogens with zero attached hydrogens (tertiary/aromatic N) is 1. The van der Waals surface area contributed by atoms with Crippen molar-refractivity contribution in [3.05, 3.63) is 0 Å². The van der Waals surface area contributed by atoms with E-state index in [0.717, 1.165) is 6.54 Å². The third kappa shape index (κ3) is 2.10. The van der Waals surface area contributed by atoms with Gasteiger partial charge in [0.1, 0.15) is 0 Å². The van der Waals surface area contributed by atoms with Gasteiger partial charge in [-0.25, -0.2) is 0 Å². The first-order chi connectivity index (χ1) is 6.38. The lowest BCUT2D eigenvalue weighted by molar-refractivity contribution is -0.140. The van der Waals surface area contributed by atoms with Crippen LogP contribution in [0.1, 0.15) is 47.5 Å². The minimum Gasteiger partial charge on any atom is -0.339 e. The molecule has 1 rings (SSSR count). The second-order valence-corrected chi connectivity index (χ2v) is 5.45. The number of carbonyl (C=O) groups is 1. The molecule has 1 heterocycles. The molecule has 1 saturated heterocycles. The molecular formula is C12H23NO. The SMILES string of the molecule is CCC1CCN(C(=O)C(C)(C)C)C1C. The lowest BCUT2D eigenvalue weighted by Gasteiger charge is -2.30. The van der Waals surface area contributed by atoms with Gasteiger partial charge < -0.3 is 4.90 Å². The molecule has 0 radical (unpaired) electrons. The van der Waals surface area contributed by atoms with Crippen molar-refractivity contribution in [2.45, 2.75) is 53.5 Å². The van der Waals surface area contributed by atoms with Crippen LogP contribution in [0, 0.1) is 11.3 Å². The summed E-state index contributed by atoms with van der Waals surface area (Å²) in [6.07, 6.45) is 2.37. The molecule has 1 amide bonds. The quantitative estimate of drug-likeness (QED) is 0.633. The summed E-state index contributed by atoms with van der Waals surface area (Å²) in [6.45, 7) is 11.4. The van der Waals surface area contributed by atoms with E-state index in [2.05, 4.69) is 18.7 Å². The van der Waals surface area contributed by atoms with Crippen molar-refractivity contribution < 1.29 is 4.79 Å². The molecule has 82 valence electrons. The minimum absolute atomic E-state index is 0.225. The Morgan fingerprint density at radius 2 is 2.00 bits per heavy atom. The van der Waals surface area contributed by atoms with Crippen LogP contribution in [0.5, 0.6) is 0 Å². The Hall–Kier alpha value is -0.530. The summed E-state index contributed by atoms with van der Waals surface area (Å²) in [6, 6.07) is 0.437. The van der Waals surface area contributed by atoms with Crippen molar-refractivity contribution in [1.82, 2.24) is 4.90 Å². The molecule has 0 saturated carbocycles. The lowest BCUT2D eigenvalue weighted by atomic mass is 9.93. The molecule has 2 atom stereocenters. The van der Waals surface area contributed by atoms with Gasteiger partial charge in [-0.2, -0.15) is 0 Å². The minimum atomic E-state index is -0.225. The average molecular weight is 197 g/mol. The number of hydrogen-bond donors (Lipinski definition) is 0. The lowest BCUT2D eigenvalue weighted by Crippen LogP contribution is -2.42. The summed E-state index contributed by atoms with van der Waals surface area (Å²) in [5, 5.41) is 0. The summed E-state index contributed by atoms with van der Waals surface area (Å²) in [4.78, 5) is 14.1. The van der Waals surface area contributed by atoms with E-state index in [-0.39, 0.29) is 5.41 Å². The van der Waals surface area contributed by atoms with Crippen LogP contribution in [-0.2, 0) is 4.79 Å². The predicted molar refractivity (Wildman–Crippen MR) is 59.0 cm³/mol. The molecule has 0 aromatic heterocycles. The second kappa shape index (κ2) is 3.92. The van der Waals surface area contributed by atoms with E-state index < -0.39 is 0 Å². The Bertz CT molecular complexity index is 217. The maximum Gasteiger partial charge on any atom is 0.228 e. The van der Waals surface area contributed by atoms with E-state index in [4.69, 9.17) is 0 Å². The summed E-state index contributed by atoms with van der Waals surface area (Å²) >= 11 is 0. The largest absolute Gasteiger partial charge is 0.339 e. The average Bonchev–Trinajstić information content (AvgIpc) is 2.43. The first kappa shape index (κ1) is 11.5. The van der Waals surface area contributed by atoms with Crippen LogP contribution in [-0.4, -0.2) is 23.4 Å². The van der Waals surface area contributed by atoms with E-state index >= 15 is 0 Å². The van der Waals surface area contributed by atoms with Crippen LogP contribution >= 0.6 is 0 Å². The summed E-state index contributed by atoms with van der Waals surface area (Å²) < 4.78 is 0. The molecule has 0 N–H and O–H groups in total.